The van der Waals surface area contributed by atoms with Gasteiger partial charge in [0.1, 0.15) is 11.4 Å². The van der Waals surface area contributed by atoms with Crippen molar-refractivity contribution in [2.45, 2.75) is 12.4 Å². The number of carbonyl (C=O) groups excluding carboxylic acids is 1. The van der Waals surface area contributed by atoms with Gasteiger partial charge < -0.3 is 9.64 Å². The molecule has 0 radical (unpaired) electrons. The van der Waals surface area contributed by atoms with E-state index in [1.807, 2.05) is 0 Å². The van der Waals surface area contributed by atoms with Crippen LogP contribution in [0.1, 0.15) is 16.1 Å². The molecule has 0 bridgehead atoms. The van der Waals surface area contributed by atoms with E-state index in [0.29, 0.717) is 22.8 Å². The van der Waals surface area contributed by atoms with Crippen molar-refractivity contribution in [1.29, 1.82) is 0 Å². The number of piperazine rings is 1. The average Bonchev–Trinajstić information content (AvgIpc) is 2.77. The fourth-order valence-corrected chi connectivity index (χ4v) is 3.54. The van der Waals surface area contributed by atoms with E-state index in [9.17, 15) is 31.1 Å². The van der Waals surface area contributed by atoms with Crippen LogP contribution in [0.15, 0.2) is 48.7 Å². The molecule has 0 atom stereocenters. The quantitative estimate of drug-likeness (QED) is 0.500. The second-order valence-corrected chi connectivity index (χ2v) is 7.72. The van der Waals surface area contributed by atoms with E-state index in [0.717, 1.165) is 12.1 Å². The standard InChI is InChI=1S/C22H18F6N4O2/c23-21(24,25)13-31-7-9-32(10-8-31)20(33)18-4-1-14-11-16(3-5-17(14)30-18)34-19-6-2-15(12-29-19)22(26,27)28/h1-6,11-12H,7-10,13H2. The predicted molar refractivity (Wildman–Crippen MR) is 109 cm³/mol. The Morgan fingerprint density at radius 1 is 0.941 bits per heavy atom. The smallest absolute Gasteiger partial charge is 0.417 e. The molecule has 34 heavy (non-hydrogen) atoms. The maximum absolute atomic E-state index is 12.8. The van der Waals surface area contributed by atoms with Crippen molar-refractivity contribution >= 4 is 16.8 Å². The minimum absolute atomic E-state index is 0.0169. The third-order valence-corrected chi connectivity index (χ3v) is 5.23. The summed E-state index contributed by atoms with van der Waals surface area (Å²) in [6.07, 6.45) is -8.10. The Balaban J connectivity index is 1.42. The van der Waals surface area contributed by atoms with Gasteiger partial charge in [0.25, 0.3) is 5.91 Å². The number of aromatic nitrogens is 2. The summed E-state index contributed by atoms with van der Waals surface area (Å²) in [6, 6.07) is 9.86. The fraction of sp³-hybridized carbons (Fsp3) is 0.318. The Morgan fingerprint density at radius 3 is 2.29 bits per heavy atom. The van der Waals surface area contributed by atoms with Crippen LogP contribution in [0.2, 0.25) is 0 Å². The van der Waals surface area contributed by atoms with E-state index in [-0.39, 0.29) is 43.7 Å². The monoisotopic (exact) mass is 484 g/mol. The van der Waals surface area contributed by atoms with Gasteiger partial charge in [-0.05, 0) is 30.3 Å². The molecule has 180 valence electrons. The lowest BCUT2D eigenvalue weighted by molar-refractivity contribution is -0.148. The van der Waals surface area contributed by atoms with Gasteiger partial charge in [-0.15, -0.1) is 0 Å². The molecule has 0 saturated carbocycles. The molecule has 3 aromatic rings. The molecule has 0 aliphatic carbocycles. The van der Waals surface area contributed by atoms with Gasteiger partial charge in [0.15, 0.2) is 0 Å². The highest BCUT2D eigenvalue weighted by Crippen LogP contribution is 2.30. The van der Waals surface area contributed by atoms with Crippen LogP contribution in [0.3, 0.4) is 0 Å². The van der Waals surface area contributed by atoms with E-state index in [4.69, 9.17) is 4.74 Å². The van der Waals surface area contributed by atoms with Crippen molar-refractivity contribution in [2.75, 3.05) is 32.7 Å². The number of benzene rings is 1. The first-order chi connectivity index (χ1) is 16.0. The summed E-state index contributed by atoms with van der Waals surface area (Å²) in [5, 5.41) is 0.621. The number of carbonyl (C=O) groups is 1. The Hall–Kier alpha value is -3.41. The summed E-state index contributed by atoms with van der Waals surface area (Å²) in [5.74, 6) is -0.0685. The fourth-order valence-electron chi connectivity index (χ4n) is 3.54. The van der Waals surface area contributed by atoms with Gasteiger partial charge in [-0.25, -0.2) is 9.97 Å². The van der Waals surface area contributed by atoms with Crippen molar-refractivity contribution in [2.24, 2.45) is 0 Å². The molecule has 1 aliphatic rings. The Labute approximate surface area is 189 Å². The van der Waals surface area contributed by atoms with E-state index >= 15 is 0 Å². The highest BCUT2D eigenvalue weighted by Gasteiger charge is 2.33. The number of amides is 1. The van der Waals surface area contributed by atoms with Gasteiger partial charge in [-0.3, -0.25) is 9.69 Å². The van der Waals surface area contributed by atoms with Gasteiger partial charge in [0.05, 0.1) is 17.6 Å². The second kappa shape index (κ2) is 9.09. The molecular weight excluding hydrogens is 466 g/mol. The highest BCUT2D eigenvalue weighted by atomic mass is 19.4. The summed E-state index contributed by atoms with van der Waals surface area (Å²) in [7, 11) is 0. The molecule has 4 rings (SSSR count). The number of hydrogen-bond acceptors (Lipinski definition) is 5. The van der Waals surface area contributed by atoms with Crippen molar-refractivity contribution < 1.29 is 35.9 Å². The zero-order chi connectivity index (χ0) is 24.5. The number of fused-ring (bicyclic) bond motifs is 1. The summed E-state index contributed by atoms with van der Waals surface area (Å²) in [4.78, 5) is 23.5. The number of ether oxygens (including phenoxy) is 1. The molecule has 0 unspecified atom stereocenters. The molecule has 3 heterocycles. The van der Waals surface area contributed by atoms with E-state index < -0.39 is 24.5 Å². The van der Waals surface area contributed by atoms with E-state index in [1.54, 1.807) is 24.3 Å². The molecule has 1 saturated heterocycles. The summed E-state index contributed by atoms with van der Waals surface area (Å²) in [5.41, 5.74) is -0.245. The van der Waals surface area contributed by atoms with Crippen molar-refractivity contribution in [3.8, 4) is 11.6 Å². The van der Waals surface area contributed by atoms with E-state index in [1.165, 1.54) is 15.9 Å². The van der Waals surface area contributed by atoms with Gasteiger partial charge in [-0.1, -0.05) is 6.07 Å². The maximum atomic E-state index is 12.8. The van der Waals surface area contributed by atoms with Crippen LogP contribution in [-0.4, -0.2) is 64.6 Å². The summed E-state index contributed by atoms with van der Waals surface area (Å²) in [6.45, 7) is -0.423. The van der Waals surface area contributed by atoms with Crippen LogP contribution in [0, 0.1) is 0 Å². The third kappa shape index (κ3) is 5.74. The van der Waals surface area contributed by atoms with Gasteiger partial charge in [-0.2, -0.15) is 26.3 Å². The Morgan fingerprint density at radius 2 is 1.68 bits per heavy atom. The highest BCUT2D eigenvalue weighted by molar-refractivity contribution is 5.95. The SMILES string of the molecule is O=C(c1ccc2cc(Oc3ccc(C(F)(F)F)cn3)ccc2n1)N1CCN(CC(F)(F)F)CC1. The van der Waals surface area contributed by atoms with Gasteiger partial charge in [0.2, 0.25) is 5.88 Å². The molecule has 1 amide bonds. The first-order valence-electron chi connectivity index (χ1n) is 10.2. The van der Waals surface area contributed by atoms with Crippen molar-refractivity contribution in [3.63, 3.8) is 0 Å². The summed E-state index contributed by atoms with van der Waals surface area (Å²) < 4.78 is 81.0. The summed E-state index contributed by atoms with van der Waals surface area (Å²) >= 11 is 0. The average molecular weight is 484 g/mol. The minimum Gasteiger partial charge on any atom is -0.439 e. The van der Waals surface area contributed by atoms with Gasteiger partial charge in [0, 0.05) is 43.8 Å². The number of nitrogens with zero attached hydrogens (tertiary/aromatic N) is 4. The predicted octanol–water partition coefficient (Wildman–Crippen LogP) is 4.76. The molecular formula is C22H18F6N4O2. The Kier molecular flexibility index (Phi) is 6.34. The first-order valence-corrected chi connectivity index (χ1v) is 10.2. The normalized spacial score (nSPS) is 15.5. The lowest BCUT2D eigenvalue weighted by Gasteiger charge is -2.34. The number of halogens is 6. The maximum Gasteiger partial charge on any atom is 0.417 e. The van der Waals surface area contributed by atoms with Gasteiger partial charge >= 0.3 is 12.4 Å². The second-order valence-electron chi connectivity index (χ2n) is 7.72. The molecule has 1 aliphatic heterocycles. The van der Waals surface area contributed by atoms with Crippen LogP contribution < -0.4 is 4.74 Å². The molecule has 2 aromatic heterocycles. The van der Waals surface area contributed by atoms with Crippen LogP contribution in [0.25, 0.3) is 10.9 Å². The molecule has 1 fully saturated rings. The van der Waals surface area contributed by atoms with Crippen LogP contribution >= 0.6 is 0 Å². The molecule has 1 aromatic carbocycles. The zero-order valence-electron chi connectivity index (χ0n) is 17.5. The Bertz CT molecular complexity index is 1170. The van der Waals surface area contributed by atoms with Crippen molar-refractivity contribution in [1.82, 2.24) is 19.8 Å². The molecule has 0 N–H and O–H groups in total. The molecule has 6 nitrogen and oxygen atoms in total. The number of pyridine rings is 2. The lowest BCUT2D eigenvalue weighted by atomic mass is 10.1. The van der Waals surface area contributed by atoms with Crippen molar-refractivity contribution in [3.05, 3.63) is 59.9 Å². The molecule has 0 spiro atoms. The zero-order valence-corrected chi connectivity index (χ0v) is 17.5. The number of alkyl halides is 6. The number of rotatable bonds is 4. The number of hydrogen-bond donors (Lipinski definition) is 0. The topological polar surface area (TPSA) is 58.6 Å². The van der Waals surface area contributed by atoms with Crippen LogP contribution in [-0.2, 0) is 6.18 Å². The molecule has 12 heteroatoms. The lowest BCUT2D eigenvalue weighted by Crippen LogP contribution is -2.51. The van der Waals surface area contributed by atoms with Crippen LogP contribution in [0.4, 0.5) is 26.3 Å². The first kappa shape index (κ1) is 23.7. The van der Waals surface area contributed by atoms with E-state index in [2.05, 4.69) is 9.97 Å². The minimum atomic E-state index is -4.49. The largest absolute Gasteiger partial charge is 0.439 e. The third-order valence-electron chi connectivity index (χ3n) is 5.23. The van der Waals surface area contributed by atoms with Crippen LogP contribution in [0.5, 0.6) is 11.6 Å².